The number of benzene rings is 1. The van der Waals surface area contributed by atoms with Gasteiger partial charge in [0, 0.05) is 18.3 Å². The minimum absolute atomic E-state index is 0.0142. The summed E-state index contributed by atoms with van der Waals surface area (Å²) in [6.07, 6.45) is 2.68. The van der Waals surface area contributed by atoms with Crippen LogP contribution in [0.1, 0.15) is 36.8 Å². The van der Waals surface area contributed by atoms with Crippen molar-refractivity contribution in [2.75, 3.05) is 11.9 Å². The number of carboxylic acids is 1. The molecule has 1 fully saturated rings. The Morgan fingerprint density at radius 1 is 1.24 bits per heavy atom. The number of hydrogen-bond donors (Lipinski definition) is 2. The average molecular weight is 290 g/mol. The van der Waals surface area contributed by atoms with Crippen LogP contribution in [0, 0.1) is 13.8 Å². The molecule has 0 saturated carbocycles. The number of nitrogens with one attached hydrogen (secondary N) is 1. The fourth-order valence-corrected chi connectivity index (χ4v) is 2.92. The maximum absolute atomic E-state index is 12.4. The third-order valence-electron chi connectivity index (χ3n) is 3.77. The summed E-state index contributed by atoms with van der Waals surface area (Å²) in [4.78, 5) is 25.0. The molecule has 0 aliphatic carbocycles. The molecule has 0 aromatic heterocycles. The molecule has 0 bridgehead atoms. The van der Waals surface area contributed by atoms with E-state index in [1.807, 2.05) is 32.0 Å². The topological polar surface area (TPSA) is 69.6 Å². The van der Waals surface area contributed by atoms with Crippen LogP contribution >= 0.6 is 0 Å². The molecule has 1 saturated heterocycles. The van der Waals surface area contributed by atoms with Crippen molar-refractivity contribution in [3.05, 3.63) is 29.3 Å². The van der Waals surface area contributed by atoms with Gasteiger partial charge in [-0.2, -0.15) is 0 Å². The first-order valence-corrected chi connectivity index (χ1v) is 7.33. The molecule has 1 aliphatic rings. The number of carbonyl (C=O) groups is 2. The number of amides is 2. The number of urea groups is 1. The van der Waals surface area contributed by atoms with Gasteiger partial charge < -0.3 is 15.3 Å². The Balaban J connectivity index is 2.08. The smallest absolute Gasteiger partial charge is 0.322 e. The lowest BCUT2D eigenvalue weighted by Crippen LogP contribution is -2.46. The molecule has 2 amide bonds. The quantitative estimate of drug-likeness (QED) is 0.898. The Labute approximate surface area is 125 Å². The Hall–Kier alpha value is -2.04. The van der Waals surface area contributed by atoms with Crippen LogP contribution in [-0.4, -0.2) is 34.6 Å². The van der Waals surface area contributed by atoms with E-state index in [4.69, 9.17) is 5.11 Å². The van der Waals surface area contributed by atoms with Crippen molar-refractivity contribution in [1.29, 1.82) is 0 Å². The van der Waals surface area contributed by atoms with Gasteiger partial charge in [0.15, 0.2) is 0 Å². The molecule has 5 heteroatoms. The van der Waals surface area contributed by atoms with Crippen LogP contribution in [0.2, 0.25) is 0 Å². The van der Waals surface area contributed by atoms with E-state index in [0.29, 0.717) is 6.54 Å². The number of piperidine rings is 1. The third kappa shape index (κ3) is 4.21. The number of nitrogens with zero attached hydrogens (tertiary/aromatic N) is 1. The standard InChI is InChI=1S/C16H22N2O3/c1-11-7-12(2)9-13(8-11)17-16(21)18-6-4-3-5-14(18)10-15(19)20/h7-9,14H,3-6,10H2,1-2H3,(H,17,21)(H,19,20). The highest BCUT2D eigenvalue weighted by Gasteiger charge is 2.28. The second kappa shape index (κ2) is 6.61. The van der Waals surface area contributed by atoms with E-state index in [-0.39, 0.29) is 18.5 Å². The van der Waals surface area contributed by atoms with Crippen LogP contribution < -0.4 is 5.32 Å². The van der Waals surface area contributed by atoms with Crippen molar-refractivity contribution >= 4 is 17.7 Å². The SMILES string of the molecule is Cc1cc(C)cc(NC(=O)N2CCCCC2CC(=O)O)c1. The zero-order chi connectivity index (χ0) is 15.4. The van der Waals surface area contributed by atoms with E-state index in [1.54, 1.807) is 4.90 Å². The number of anilines is 1. The van der Waals surface area contributed by atoms with Crippen molar-refractivity contribution in [3.8, 4) is 0 Å². The molecule has 1 unspecified atom stereocenters. The number of hydrogen-bond acceptors (Lipinski definition) is 2. The molecule has 1 aliphatic heterocycles. The molecule has 0 spiro atoms. The molecular weight excluding hydrogens is 268 g/mol. The summed E-state index contributed by atoms with van der Waals surface area (Å²) < 4.78 is 0. The Bertz CT molecular complexity index is 522. The van der Waals surface area contributed by atoms with E-state index in [9.17, 15) is 9.59 Å². The molecule has 1 aromatic rings. The van der Waals surface area contributed by atoms with Gasteiger partial charge in [-0.3, -0.25) is 4.79 Å². The molecule has 5 nitrogen and oxygen atoms in total. The molecular formula is C16H22N2O3. The van der Waals surface area contributed by atoms with Crippen LogP contribution in [0.3, 0.4) is 0 Å². The summed E-state index contributed by atoms with van der Waals surface area (Å²) >= 11 is 0. The van der Waals surface area contributed by atoms with Crippen LogP contribution in [-0.2, 0) is 4.79 Å². The van der Waals surface area contributed by atoms with Gasteiger partial charge in [0.2, 0.25) is 0 Å². The number of carbonyl (C=O) groups excluding carboxylic acids is 1. The predicted molar refractivity (Wildman–Crippen MR) is 81.5 cm³/mol. The molecule has 1 atom stereocenters. The lowest BCUT2D eigenvalue weighted by Gasteiger charge is -2.35. The van der Waals surface area contributed by atoms with Crippen LogP contribution in [0.5, 0.6) is 0 Å². The highest BCUT2D eigenvalue weighted by molar-refractivity contribution is 5.90. The van der Waals surface area contributed by atoms with E-state index in [1.165, 1.54) is 0 Å². The Morgan fingerprint density at radius 2 is 1.90 bits per heavy atom. The highest BCUT2D eigenvalue weighted by Crippen LogP contribution is 2.21. The molecule has 2 N–H and O–H groups in total. The summed E-state index contributed by atoms with van der Waals surface area (Å²) in [5.74, 6) is -0.855. The maximum Gasteiger partial charge on any atom is 0.322 e. The first kappa shape index (κ1) is 15.4. The molecule has 114 valence electrons. The number of aryl methyl sites for hydroxylation is 2. The summed E-state index contributed by atoms with van der Waals surface area (Å²) in [5.41, 5.74) is 2.94. The minimum Gasteiger partial charge on any atom is -0.481 e. The van der Waals surface area contributed by atoms with Crippen LogP contribution in [0.15, 0.2) is 18.2 Å². The van der Waals surface area contributed by atoms with E-state index >= 15 is 0 Å². The summed E-state index contributed by atoms with van der Waals surface area (Å²) in [5, 5.41) is 11.9. The van der Waals surface area contributed by atoms with E-state index < -0.39 is 5.97 Å². The van der Waals surface area contributed by atoms with E-state index in [2.05, 4.69) is 5.32 Å². The number of carboxylic acid groups (broad SMARTS) is 1. The van der Waals surface area contributed by atoms with Crippen molar-refractivity contribution in [3.63, 3.8) is 0 Å². The van der Waals surface area contributed by atoms with Crippen molar-refractivity contribution in [1.82, 2.24) is 4.90 Å². The van der Waals surface area contributed by atoms with Gasteiger partial charge >= 0.3 is 12.0 Å². The fourth-order valence-electron chi connectivity index (χ4n) is 2.92. The number of rotatable bonds is 3. The van der Waals surface area contributed by atoms with Gasteiger partial charge in [-0.15, -0.1) is 0 Å². The second-order valence-electron chi connectivity index (χ2n) is 5.75. The van der Waals surface area contributed by atoms with Gasteiger partial charge in [0.1, 0.15) is 0 Å². The maximum atomic E-state index is 12.4. The van der Waals surface area contributed by atoms with E-state index in [0.717, 1.165) is 36.1 Å². The van der Waals surface area contributed by atoms with Gasteiger partial charge in [0.05, 0.1) is 6.42 Å². The van der Waals surface area contributed by atoms with Gasteiger partial charge in [-0.05, 0) is 56.4 Å². The van der Waals surface area contributed by atoms with Crippen molar-refractivity contribution in [2.45, 2.75) is 45.6 Å². The largest absolute Gasteiger partial charge is 0.481 e. The Kier molecular flexibility index (Phi) is 4.83. The molecule has 2 rings (SSSR count). The van der Waals surface area contributed by atoms with Gasteiger partial charge in [-0.1, -0.05) is 6.07 Å². The van der Waals surface area contributed by atoms with Crippen LogP contribution in [0.25, 0.3) is 0 Å². The molecule has 1 heterocycles. The summed E-state index contributed by atoms with van der Waals surface area (Å²) in [7, 11) is 0. The first-order chi connectivity index (χ1) is 9.95. The highest BCUT2D eigenvalue weighted by atomic mass is 16.4. The van der Waals surface area contributed by atoms with Crippen LogP contribution in [0.4, 0.5) is 10.5 Å². The van der Waals surface area contributed by atoms with Crippen molar-refractivity contribution < 1.29 is 14.7 Å². The normalized spacial score (nSPS) is 18.4. The van der Waals surface area contributed by atoms with Gasteiger partial charge in [-0.25, -0.2) is 4.79 Å². The molecule has 0 radical (unpaired) electrons. The zero-order valence-corrected chi connectivity index (χ0v) is 12.6. The first-order valence-electron chi connectivity index (χ1n) is 7.33. The van der Waals surface area contributed by atoms with Crippen molar-refractivity contribution in [2.24, 2.45) is 0 Å². The lowest BCUT2D eigenvalue weighted by molar-refractivity contribution is -0.138. The summed E-state index contributed by atoms with van der Waals surface area (Å²) in [6.45, 7) is 4.59. The second-order valence-corrected chi connectivity index (χ2v) is 5.75. The molecule has 21 heavy (non-hydrogen) atoms. The zero-order valence-electron chi connectivity index (χ0n) is 12.6. The number of likely N-dealkylation sites (tertiary alicyclic amines) is 1. The monoisotopic (exact) mass is 290 g/mol. The number of aliphatic carboxylic acids is 1. The third-order valence-corrected chi connectivity index (χ3v) is 3.77. The molecule has 1 aromatic carbocycles. The Morgan fingerprint density at radius 3 is 2.52 bits per heavy atom. The van der Waals surface area contributed by atoms with Gasteiger partial charge in [0.25, 0.3) is 0 Å². The summed E-state index contributed by atoms with van der Waals surface area (Å²) in [6, 6.07) is 5.47. The fraction of sp³-hybridized carbons (Fsp3) is 0.500. The average Bonchev–Trinajstić information content (AvgIpc) is 2.37. The predicted octanol–water partition coefficient (Wildman–Crippen LogP) is 3.16. The minimum atomic E-state index is -0.855. The lowest BCUT2D eigenvalue weighted by atomic mass is 10.00.